The zero-order valence-corrected chi connectivity index (χ0v) is 17.6. The van der Waals surface area contributed by atoms with Gasteiger partial charge >= 0.3 is 0 Å². The molecule has 1 aromatic carbocycles. The molecule has 7 heteroatoms. The van der Waals surface area contributed by atoms with E-state index in [0.717, 1.165) is 49.5 Å². The summed E-state index contributed by atoms with van der Waals surface area (Å²) < 4.78 is 19.8. The number of likely N-dealkylation sites (tertiary alicyclic amines) is 1. The van der Waals surface area contributed by atoms with Gasteiger partial charge in [-0.1, -0.05) is 18.2 Å². The largest absolute Gasteiger partial charge is 0.359 e. The summed E-state index contributed by atoms with van der Waals surface area (Å²) in [6, 6.07) is 10.8. The Morgan fingerprint density at radius 1 is 1.31 bits per heavy atom. The van der Waals surface area contributed by atoms with E-state index in [2.05, 4.69) is 22.2 Å². The molecule has 2 saturated heterocycles. The van der Waals surface area contributed by atoms with E-state index in [-0.39, 0.29) is 17.3 Å². The molecule has 0 radical (unpaired) electrons. The Kier molecular flexibility index (Phi) is 6.29. The first-order valence-electron chi connectivity index (χ1n) is 10.1. The van der Waals surface area contributed by atoms with E-state index in [4.69, 9.17) is 4.74 Å². The smallest absolute Gasteiger partial charge is 0.250 e. The Labute approximate surface area is 175 Å². The van der Waals surface area contributed by atoms with Gasteiger partial charge in [0, 0.05) is 37.6 Å². The van der Waals surface area contributed by atoms with Gasteiger partial charge in [0.1, 0.15) is 11.9 Å². The van der Waals surface area contributed by atoms with Gasteiger partial charge < -0.3 is 15.0 Å². The summed E-state index contributed by atoms with van der Waals surface area (Å²) in [7, 11) is 2.06. The number of benzene rings is 1. The fourth-order valence-corrected chi connectivity index (χ4v) is 4.99. The summed E-state index contributed by atoms with van der Waals surface area (Å²) >= 11 is 1.64. The van der Waals surface area contributed by atoms with Crippen molar-refractivity contribution in [1.82, 2.24) is 15.1 Å². The predicted molar refractivity (Wildman–Crippen MR) is 112 cm³/mol. The van der Waals surface area contributed by atoms with Crippen molar-refractivity contribution in [2.24, 2.45) is 0 Å². The Bertz CT molecular complexity index is 821. The number of hydrogen-bond donors (Lipinski definition) is 1. The van der Waals surface area contributed by atoms with Crippen molar-refractivity contribution in [3.63, 3.8) is 0 Å². The van der Waals surface area contributed by atoms with E-state index in [1.165, 1.54) is 6.07 Å². The molecular formula is C22H28FN3O2S. The summed E-state index contributed by atoms with van der Waals surface area (Å²) in [4.78, 5) is 18.4. The summed E-state index contributed by atoms with van der Waals surface area (Å²) in [6.07, 6.45) is 1.31. The maximum Gasteiger partial charge on any atom is 0.250 e. The molecule has 1 aromatic heterocycles. The Morgan fingerprint density at radius 3 is 2.86 bits per heavy atom. The van der Waals surface area contributed by atoms with Gasteiger partial charge in [-0.2, -0.15) is 0 Å². The fraction of sp³-hybridized carbons (Fsp3) is 0.500. The normalized spacial score (nSPS) is 22.6. The van der Waals surface area contributed by atoms with Crippen molar-refractivity contribution >= 4 is 17.2 Å². The van der Waals surface area contributed by atoms with Crippen LogP contribution >= 0.6 is 11.3 Å². The lowest BCUT2D eigenvalue weighted by Crippen LogP contribution is -2.61. The molecule has 1 amide bonds. The Morgan fingerprint density at radius 2 is 2.14 bits per heavy atom. The molecule has 1 atom stereocenters. The van der Waals surface area contributed by atoms with Gasteiger partial charge in [0.15, 0.2) is 0 Å². The average Bonchev–Trinajstić information content (AvgIpc) is 3.21. The van der Waals surface area contributed by atoms with Crippen LogP contribution in [0.4, 0.5) is 4.39 Å². The molecule has 0 unspecified atom stereocenters. The number of rotatable bonds is 5. The lowest BCUT2D eigenvalue weighted by molar-refractivity contribution is -0.182. The third-order valence-electron chi connectivity index (χ3n) is 5.80. The minimum Gasteiger partial charge on any atom is -0.359 e. The molecule has 3 heterocycles. The summed E-state index contributed by atoms with van der Waals surface area (Å²) in [6.45, 7) is 4.52. The number of carbonyl (C=O) groups excluding carboxylic acids is 1. The molecule has 1 N–H and O–H groups in total. The van der Waals surface area contributed by atoms with Gasteiger partial charge in [-0.3, -0.25) is 9.69 Å². The first-order valence-corrected chi connectivity index (χ1v) is 11.0. The highest BCUT2D eigenvalue weighted by Crippen LogP contribution is 2.32. The van der Waals surface area contributed by atoms with E-state index in [9.17, 15) is 9.18 Å². The van der Waals surface area contributed by atoms with Crippen LogP contribution in [0.5, 0.6) is 0 Å². The number of nitrogens with one attached hydrogen (secondary N) is 1. The Hall–Kier alpha value is -1.80. The van der Waals surface area contributed by atoms with E-state index in [1.54, 1.807) is 23.5 Å². The number of piperidine rings is 1. The van der Waals surface area contributed by atoms with Gasteiger partial charge in [-0.05, 0) is 49.0 Å². The van der Waals surface area contributed by atoms with E-state index < -0.39 is 6.10 Å². The minimum absolute atomic E-state index is 0.0356. The first kappa shape index (κ1) is 20.5. The molecule has 0 bridgehead atoms. The van der Waals surface area contributed by atoms with Crippen LogP contribution in [0, 0.1) is 5.82 Å². The molecule has 1 spiro atoms. The number of hydrogen-bond acceptors (Lipinski definition) is 5. The highest BCUT2D eigenvalue weighted by molar-refractivity contribution is 7.09. The van der Waals surface area contributed by atoms with Crippen LogP contribution in [0.3, 0.4) is 0 Å². The molecule has 2 aliphatic heterocycles. The van der Waals surface area contributed by atoms with Crippen LogP contribution in [-0.4, -0.2) is 60.6 Å². The molecule has 2 fully saturated rings. The number of thiophene rings is 1. The molecule has 4 rings (SSSR count). The third kappa shape index (κ3) is 5.22. The second-order valence-corrected chi connectivity index (χ2v) is 9.22. The van der Waals surface area contributed by atoms with Crippen molar-refractivity contribution < 1.29 is 13.9 Å². The lowest BCUT2D eigenvalue weighted by Gasteiger charge is -2.48. The summed E-state index contributed by atoms with van der Waals surface area (Å²) in [5.74, 6) is -0.226. The predicted octanol–water partition coefficient (Wildman–Crippen LogP) is 2.87. The highest BCUT2D eigenvalue weighted by Gasteiger charge is 2.43. The highest BCUT2D eigenvalue weighted by atomic mass is 32.1. The van der Waals surface area contributed by atoms with Crippen LogP contribution in [0.1, 0.15) is 23.3 Å². The van der Waals surface area contributed by atoms with Gasteiger partial charge in [0.25, 0.3) is 5.91 Å². The van der Waals surface area contributed by atoms with E-state index in [0.29, 0.717) is 13.1 Å². The quantitative estimate of drug-likeness (QED) is 0.813. The molecule has 2 aromatic rings. The second-order valence-electron chi connectivity index (χ2n) is 8.19. The minimum atomic E-state index is -0.441. The topological polar surface area (TPSA) is 44.8 Å². The number of carbonyl (C=O) groups is 1. The van der Waals surface area contributed by atoms with E-state index >= 15 is 0 Å². The van der Waals surface area contributed by atoms with Gasteiger partial charge in [0.05, 0.1) is 12.1 Å². The zero-order chi connectivity index (χ0) is 20.3. The monoisotopic (exact) mass is 417 g/mol. The molecule has 0 saturated carbocycles. The van der Waals surface area contributed by atoms with Crippen LogP contribution in [0.15, 0.2) is 41.8 Å². The van der Waals surface area contributed by atoms with Gasteiger partial charge in [0.2, 0.25) is 0 Å². The standard InChI is InChI=1S/C22H28FN3O2S/c1-25-15-20(21(27)24-13-19-6-3-11-29-19)28-22(16-25)7-9-26(10-8-22)14-17-4-2-5-18(23)12-17/h2-6,11-12,20H,7-10,13-16H2,1H3,(H,24,27)/t20-/m0/s1. The molecule has 5 nitrogen and oxygen atoms in total. The summed E-state index contributed by atoms with van der Waals surface area (Å²) in [5.41, 5.74) is 0.713. The van der Waals surface area contributed by atoms with Crippen molar-refractivity contribution in [2.45, 2.75) is 37.6 Å². The second kappa shape index (κ2) is 8.92. The number of ether oxygens (including phenoxy) is 1. The van der Waals surface area contributed by atoms with Crippen molar-refractivity contribution in [2.75, 3.05) is 33.2 Å². The molecule has 29 heavy (non-hydrogen) atoms. The van der Waals surface area contributed by atoms with Crippen molar-refractivity contribution in [3.8, 4) is 0 Å². The number of nitrogens with zero attached hydrogens (tertiary/aromatic N) is 2. The van der Waals surface area contributed by atoms with Crippen molar-refractivity contribution in [1.29, 1.82) is 0 Å². The third-order valence-corrected chi connectivity index (χ3v) is 6.68. The Balaban J connectivity index is 1.32. The molecule has 2 aliphatic rings. The SMILES string of the molecule is CN1C[C@@H](C(=O)NCc2cccs2)OC2(CCN(Cc3cccc(F)c3)CC2)C1. The van der Waals surface area contributed by atoms with Crippen LogP contribution in [0.25, 0.3) is 0 Å². The average molecular weight is 418 g/mol. The summed E-state index contributed by atoms with van der Waals surface area (Å²) in [5, 5.41) is 5.03. The zero-order valence-electron chi connectivity index (χ0n) is 16.8. The van der Waals surface area contributed by atoms with Crippen LogP contribution < -0.4 is 5.32 Å². The van der Waals surface area contributed by atoms with Gasteiger partial charge in [-0.25, -0.2) is 4.39 Å². The number of likely N-dealkylation sites (N-methyl/N-ethyl adjacent to an activating group) is 1. The van der Waals surface area contributed by atoms with Gasteiger partial charge in [-0.15, -0.1) is 11.3 Å². The lowest BCUT2D eigenvalue weighted by atomic mass is 9.88. The van der Waals surface area contributed by atoms with E-state index in [1.807, 2.05) is 23.6 Å². The molecular weight excluding hydrogens is 389 g/mol. The fourth-order valence-electron chi connectivity index (χ4n) is 4.34. The van der Waals surface area contributed by atoms with Crippen LogP contribution in [0.2, 0.25) is 0 Å². The van der Waals surface area contributed by atoms with Crippen molar-refractivity contribution in [3.05, 3.63) is 58.0 Å². The number of morpholine rings is 1. The molecule has 0 aliphatic carbocycles. The van der Waals surface area contributed by atoms with Crippen LogP contribution in [-0.2, 0) is 22.6 Å². The maximum absolute atomic E-state index is 13.4. The number of halogens is 1. The first-order chi connectivity index (χ1) is 14.0. The maximum atomic E-state index is 13.4. The molecule has 156 valence electrons. The number of amides is 1.